The first-order chi connectivity index (χ1) is 7.02. The lowest BCUT2D eigenvalue weighted by Gasteiger charge is -2.12. The molecule has 0 rings (SSSR count). The molecule has 0 aromatic carbocycles. The third-order valence-electron chi connectivity index (χ3n) is 2.13. The van der Waals surface area contributed by atoms with E-state index in [1.54, 1.807) is 6.92 Å². The molecule has 1 atom stereocenters. The molecule has 0 saturated carbocycles. The van der Waals surface area contributed by atoms with Gasteiger partial charge >= 0.3 is 0 Å². The van der Waals surface area contributed by atoms with Crippen LogP contribution in [-0.4, -0.2) is 45.7 Å². The lowest BCUT2D eigenvalue weighted by molar-refractivity contribution is 0.0763. The molecule has 0 spiro atoms. The van der Waals surface area contributed by atoms with Gasteiger partial charge in [0, 0.05) is 18.9 Å². The fourth-order valence-electron chi connectivity index (χ4n) is 1.21. The van der Waals surface area contributed by atoms with E-state index in [0.29, 0.717) is 13.0 Å². The molecule has 5 heteroatoms. The van der Waals surface area contributed by atoms with Crippen LogP contribution < -0.4 is 5.32 Å². The summed E-state index contributed by atoms with van der Waals surface area (Å²) in [5.41, 5.74) is 0. The van der Waals surface area contributed by atoms with Crippen molar-refractivity contribution in [1.29, 1.82) is 0 Å². The van der Waals surface area contributed by atoms with Crippen molar-refractivity contribution in [1.82, 2.24) is 5.32 Å². The Kier molecular flexibility index (Phi) is 8.00. The fraction of sp³-hybridized carbons (Fsp3) is 1.00. The third-order valence-corrected chi connectivity index (χ3v) is 3.92. The van der Waals surface area contributed by atoms with Gasteiger partial charge < -0.3 is 10.1 Å². The lowest BCUT2D eigenvalue weighted by Crippen LogP contribution is -2.28. The zero-order valence-corrected chi connectivity index (χ0v) is 10.8. The van der Waals surface area contributed by atoms with E-state index in [4.69, 9.17) is 4.74 Å². The van der Waals surface area contributed by atoms with Crippen LogP contribution in [0.4, 0.5) is 0 Å². The van der Waals surface area contributed by atoms with E-state index >= 15 is 0 Å². The molecule has 0 radical (unpaired) electrons. The Morgan fingerprint density at radius 3 is 2.53 bits per heavy atom. The molecular weight excluding hydrogens is 214 g/mol. The van der Waals surface area contributed by atoms with Gasteiger partial charge in [-0.05, 0) is 26.8 Å². The van der Waals surface area contributed by atoms with Crippen LogP contribution in [0.2, 0.25) is 0 Å². The van der Waals surface area contributed by atoms with Crippen LogP contribution in [0.15, 0.2) is 0 Å². The molecule has 0 aliphatic carbocycles. The van der Waals surface area contributed by atoms with Gasteiger partial charge in [0.25, 0.3) is 0 Å². The van der Waals surface area contributed by atoms with E-state index < -0.39 is 9.84 Å². The molecule has 0 aromatic rings. The Morgan fingerprint density at radius 2 is 2.00 bits per heavy atom. The van der Waals surface area contributed by atoms with Crippen molar-refractivity contribution < 1.29 is 13.2 Å². The van der Waals surface area contributed by atoms with Gasteiger partial charge in [0.15, 0.2) is 0 Å². The average molecular weight is 237 g/mol. The topological polar surface area (TPSA) is 55.4 Å². The minimum absolute atomic E-state index is 0.192. The van der Waals surface area contributed by atoms with Crippen LogP contribution in [0.3, 0.4) is 0 Å². The molecule has 0 amide bonds. The lowest BCUT2D eigenvalue weighted by atomic mass is 10.4. The van der Waals surface area contributed by atoms with Crippen LogP contribution in [0.5, 0.6) is 0 Å². The van der Waals surface area contributed by atoms with Gasteiger partial charge in [0.1, 0.15) is 9.84 Å². The highest BCUT2D eigenvalue weighted by Gasteiger charge is 2.06. The van der Waals surface area contributed by atoms with Gasteiger partial charge in [-0.25, -0.2) is 8.42 Å². The van der Waals surface area contributed by atoms with Crippen molar-refractivity contribution in [3.05, 3.63) is 0 Å². The predicted molar refractivity (Wildman–Crippen MR) is 62.9 cm³/mol. The van der Waals surface area contributed by atoms with Crippen molar-refractivity contribution >= 4 is 9.84 Å². The van der Waals surface area contributed by atoms with Crippen molar-refractivity contribution in [3.63, 3.8) is 0 Å². The summed E-state index contributed by atoms with van der Waals surface area (Å²) < 4.78 is 27.6. The highest BCUT2D eigenvalue weighted by Crippen LogP contribution is 1.93. The fourth-order valence-corrected chi connectivity index (χ4v) is 2.08. The van der Waals surface area contributed by atoms with Gasteiger partial charge in [-0.3, -0.25) is 0 Å². The molecule has 0 fully saturated rings. The summed E-state index contributed by atoms with van der Waals surface area (Å²) in [6.07, 6.45) is 0.868. The second-order valence-electron chi connectivity index (χ2n) is 3.56. The standard InChI is InChI=1S/C10H23NO3S/c1-4-14-10(3)9-11-7-6-8-15(12,13)5-2/h10-11H,4-9H2,1-3H3. The number of hydrogen-bond acceptors (Lipinski definition) is 4. The van der Waals surface area contributed by atoms with Gasteiger partial charge in [0.05, 0.1) is 11.9 Å². The predicted octanol–water partition coefficient (Wildman–Crippen LogP) is 0.826. The smallest absolute Gasteiger partial charge is 0.150 e. The molecule has 0 aromatic heterocycles. The quantitative estimate of drug-likeness (QED) is 0.603. The molecule has 0 bridgehead atoms. The summed E-state index contributed by atoms with van der Waals surface area (Å²) in [5, 5.41) is 3.18. The summed E-state index contributed by atoms with van der Waals surface area (Å²) in [7, 11) is -2.80. The highest BCUT2D eigenvalue weighted by atomic mass is 32.2. The maximum Gasteiger partial charge on any atom is 0.150 e. The number of nitrogens with one attached hydrogen (secondary N) is 1. The second-order valence-corrected chi connectivity index (χ2v) is 6.03. The van der Waals surface area contributed by atoms with Crippen molar-refractivity contribution in [2.24, 2.45) is 0 Å². The van der Waals surface area contributed by atoms with E-state index in [9.17, 15) is 8.42 Å². The van der Waals surface area contributed by atoms with E-state index in [1.807, 2.05) is 13.8 Å². The maximum atomic E-state index is 11.1. The van der Waals surface area contributed by atoms with Crippen molar-refractivity contribution in [2.45, 2.75) is 33.3 Å². The number of ether oxygens (including phenoxy) is 1. The van der Waals surface area contributed by atoms with Gasteiger partial charge in [-0.15, -0.1) is 0 Å². The maximum absolute atomic E-state index is 11.1. The Balaban J connectivity index is 3.40. The minimum Gasteiger partial charge on any atom is -0.377 e. The van der Waals surface area contributed by atoms with E-state index in [-0.39, 0.29) is 17.6 Å². The second kappa shape index (κ2) is 8.07. The van der Waals surface area contributed by atoms with Crippen LogP contribution >= 0.6 is 0 Å². The van der Waals surface area contributed by atoms with Crippen LogP contribution in [0.1, 0.15) is 27.2 Å². The molecule has 0 aliphatic rings. The summed E-state index contributed by atoms with van der Waals surface area (Å²) in [6, 6.07) is 0. The monoisotopic (exact) mass is 237 g/mol. The Labute approximate surface area is 93.3 Å². The van der Waals surface area contributed by atoms with Crippen LogP contribution in [0.25, 0.3) is 0 Å². The minimum atomic E-state index is -2.80. The van der Waals surface area contributed by atoms with Crippen LogP contribution in [0, 0.1) is 0 Å². The number of rotatable bonds is 9. The average Bonchev–Trinajstić information content (AvgIpc) is 2.17. The molecule has 0 heterocycles. The zero-order valence-electron chi connectivity index (χ0n) is 9.95. The van der Waals surface area contributed by atoms with E-state index in [0.717, 1.165) is 13.1 Å². The van der Waals surface area contributed by atoms with E-state index in [2.05, 4.69) is 5.32 Å². The molecule has 15 heavy (non-hydrogen) atoms. The van der Waals surface area contributed by atoms with Crippen LogP contribution in [-0.2, 0) is 14.6 Å². The van der Waals surface area contributed by atoms with Gasteiger partial charge in [-0.1, -0.05) is 6.92 Å². The summed E-state index contributed by atoms with van der Waals surface area (Å²) >= 11 is 0. The molecule has 1 unspecified atom stereocenters. The van der Waals surface area contributed by atoms with Gasteiger partial charge in [0.2, 0.25) is 0 Å². The Morgan fingerprint density at radius 1 is 1.33 bits per heavy atom. The molecule has 0 saturated heterocycles. The SMILES string of the molecule is CCOC(C)CNCCCS(=O)(=O)CC. The number of hydrogen-bond donors (Lipinski definition) is 1. The first-order valence-corrected chi connectivity index (χ1v) is 7.36. The normalized spacial score (nSPS) is 14.1. The Hall–Kier alpha value is -0.130. The Bertz CT molecular complexity index is 239. The molecule has 0 aliphatic heterocycles. The first-order valence-electron chi connectivity index (χ1n) is 5.54. The van der Waals surface area contributed by atoms with E-state index in [1.165, 1.54) is 0 Å². The first kappa shape index (κ1) is 14.9. The largest absolute Gasteiger partial charge is 0.377 e. The molecular formula is C10H23NO3S. The summed E-state index contributed by atoms with van der Waals surface area (Å²) in [5.74, 6) is 0.516. The molecule has 92 valence electrons. The highest BCUT2D eigenvalue weighted by molar-refractivity contribution is 7.91. The number of sulfone groups is 1. The summed E-state index contributed by atoms with van der Waals surface area (Å²) in [4.78, 5) is 0. The summed E-state index contributed by atoms with van der Waals surface area (Å²) in [6.45, 7) is 7.87. The van der Waals surface area contributed by atoms with Crippen molar-refractivity contribution in [3.8, 4) is 0 Å². The van der Waals surface area contributed by atoms with Gasteiger partial charge in [-0.2, -0.15) is 0 Å². The third kappa shape index (κ3) is 8.84. The molecule has 1 N–H and O–H groups in total. The zero-order chi connectivity index (χ0) is 11.7. The van der Waals surface area contributed by atoms with Crippen molar-refractivity contribution in [2.75, 3.05) is 31.2 Å². The molecule has 4 nitrogen and oxygen atoms in total.